The van der Waals surface area contributed by atoms with Crippen LogP contribution >= 0.6 is 0 Å². The van der Waals surface area contributed by atoms with E-state index in [4.69, 9.17) is 8.83 Å². The quantitative estimate of drug-likeness (QED) is 0.633. The molecule has 0 amide bonds. The highest BCUT2D eigenvalue weighted by molar-refractivity contribution is 5.71. The molecule has 0 saturated heterocycles. The third-order valence-corrected chi connectivity index (χ3v) is 1.37. The van der Waals surface area contributed by atoms with Crippen LogP contribution in [0.3, 0.4) is 0 Å². The van der Waals surface area contributed by atoms with E-state index in [0.29, 0.717) is 17.9 Å². The maximum atomic E-state index is 10.2. The van der Waals surface area contributed by atoms with Gasteiger partial charge in [0.25, 0.3) is 5.89 Å². The van der Waals surface area contributed by atoms with Gasteiger partial charge in [-0.3, -0.25) is 4.79 Å². The zero-order valence-electron chi connectivity index (χ0n) is 6.06. The molecule has 0 aliphatic rings. The fourth-order valence-corrected chi connectivity index (χ4v) is 0.854. The molecule has 4 heteroatoms. The molecule has 0 spiro atoms. The summed E-state index contributed by atoms with van der Waals surface area (Å²) in [6, 6.07) is 3.43. The van der Waals surface area contributed by atoms with Crippen LogP contribution in [-0.4, -0.2) is 11.3 Å². The number of aldehydes is 1. The second-order valence-corrected chi connectivity index (χ2v) is 2.17. The van der Waals surface area contributed by atoms with E-state index in [1.54, 1.807) is 12.1 Å². The van der Waals surface area contributed by atoms with Gasteiger partial charge in [-0.05, 0) is 12.1 Å². The molecule has 0 saturated carbocycles. The molecule has 2 aromatic rings. The van der Waals surface area contributed by atoms with Crippen molar-refractivity contribution in [3.63, 3.8) is 0 Å². The van der Waals surface area contributed by atoms with E-state index in [2.05, 4.69) is 4.98 Å². The van der Waals surface area contributed by atoms with Crippen LogP contribution in [0.2, 0.25) is 0 Å². The number of carbonyl (C=O) groups is 1. The minimum Gasteiger partial charge on any atom is -0.459 e. The number of hydrogen-bond donors (Lipinski definition) is 0. The molecule has 4 nitrogen and oxygen atoms in total. The van der Waals surface area contributed by atoms with E-state index in [1.165, 1.54) is 12.5 Å². The maximum absolute atomic E-state index is 10.2. The number of furan rings is 1. The first-order valence-electron chi connectivity index (χ1n) is 3.35. The Morgan fingerprint density at radius 2 is 2.33 bits per heavy atom. The van der Waals surface area contributed by atoms with Crippen LogP contribution in [-0.2, 0) is 0 Å². The van der Waals surface area contributed by atoms with Crippen molar-refractivity contribution in [2.75, 3.05) is 0 Å². The van der Waals surface area contributed by atoms with Crippen LogP contribution < -0.4 is 0 Å². The van der Waals surface area contributed by atoms with Gasteiger partial charge in [0.15, 0.2) is 12.0 Å². The van der Waals surface area contributed by atoms with E-state index in [1.807, 2.05) is 0 Å². The molecular weight excluding hydrogens is 158 g/mol. The number of aromatic nitrogens is 1. The number of nitrogens with zero attached hydrogens (tertiary/aromatic N) is 1. The molecule has 2 heterocycles. The Morgan fingerprint density at radius 1 is 1.42 bits per heavy atom. The van der Waals surface area contributed by atoms with Crippen molar-refractivity contribution in [2.24, 2.45) is 0 Å². The van der Waals surface area contributed by atoms with E-state index in [-0.39, 0.29) is 5.69 Å². The Hall–Kier alpha value is -1.84. The molecule has 0 fully saturated rings. The molecular formula is C8H5NO3. The summed E-state index contributed by atoms with van der Waals surface area (Å²) in [7, 11) is 0. The largest absolute Gasteiger partial charge is 0.459 e. The summed E-state index contributed by atoms with van der Waals surface area (Å²) in [6.07, 6.45) is 3.42. The fourth-order valence-electron chi connectivity index (χ4n) is 0.854. The van der Waals surface area contributed by atoms with Crippen molar-refractivity contribution in [1.82, 2.24) is 4.98 Å². The summed E-state index contributed by atoms with van der Waals surface area (Å²) < 4.78 is 9.97. The van der Waals surface area contributed by atoms with Crippen molar-refractivity contribution in [3.05, 3.63) is 30.4 Å². The Balaban J connectivity index is 2.41. The monoisotopic (exact) mass is 163 g/mol. The second kappa shape index (κ2) is 2.65. The lowest BCUT2D eigenvalue weighted by atomic mass is 10.4. The van der Waals surface area contributed by atoms with Gasteiger partial charge in [0.05, 0.1) is 6.26 Å². The van der Waals surface area contributed by atoms with Gasteiger partial charge in [-0.2, -0.15) is 0 Å². The first-order chi connectivity index (χ1) is 5.90. The van der Waals surface area contributed by atoms with Gasteiger partial charge < -0.3 is 8.83 Å². The molecule has 12 heavy (non-hydrogen) atoms. The summed E-state index contributed by atoms with van der Waals surface area (Å²) in [5.41, 5.74) is 0.265. The van der Waals surface area contributed by atoms with Crippen LogP contribution in [0.5, 0.6) is 0 Å². The average molecular weight is 163 g/mol. The fraction of sp³-hybridized carbons (Fsp3) is 0. The molecule has 2 rings (SSSR count). The highest BCUT2D eigenvalue weighted by Crippen LogP contribution is 2.17. The van der Waals surface area contributed by atoms with Gasteiger partial charge in [-0.1, -0.05) is 0 Å². The summed E-state index contributed by atoms with van der Waals surface area (Å²) in [5.74, 6) is 0.838. The van der Waals surface area contributed by atoms with Gasteiger partial charge in [0.1, 0.15) is 12.0 Å². The van der Waals surface area contributed by atoms with Crippen molar-refractivity contribution in [1.29, 1.82) is 0 Å². The van der Waals surface area contributed by atoms with E-state index >= 15 is 0 Å². The molecule has 0 atom stereocenters. The van der Waals surface area contributed by atoms with Crippen molar-refractivity contribution in [2.45, 2.75) is 0 Å². The first-order valence-corrected chi connectivity index (χ1v) is 3.35. The van der Waals surface area contributed by atoms with Crippen molar-refractivity contribution < 1.29 is 13.6 Å². The summed E-state index contributed by atoms with van der Waals surface area (Å²) in [4.78, 5) is 14.1. The van der Waals surface area contributed by atoms with Crippen molar-refractivity contribution >= 4 is 6.29 Å². The predicted octanol–water partition coefficient (Wildman–Crippen LogP) is 1.75. The zero-order chi connectivity index (χ0) is 8.39. The molecule has 0 aromatic carbocycles. The van der Waals surface area contributed by atoms with Crippen LogP contribution in [0.4, 0.5) is 0 Å². The van der Waals surface area contributed by atoms with Crippen molar-refractivity contribution in [3.8, 4) is 11.7 Å². The highest BCUT2D eigenvalue weighted by Gasteiger charge is 2.07. The summed E-state index contributed by atoms with van der Waals surface area (Å²) >= 11 is 0. The zero-order valence-corrected chi connectivity index (χ0v) is 6.06. The SMILES string of the molecule is O=Cc1coc(-c2ccco2)n1. The lowest BCUT2D eigenvalue weighted by molar-refractivity contribution is 0.111. The minimum atomic E-state index is 0.265. The number of rotatable bonds is 2. The van der Waals surface area contributed by atoms with Crippen LogP contribution in [0.15, 0.2) is 33.5 Å². The lowest BCUT2D eigenvalue weighted by Gasteiger charge is -1.83. The Kier molecular flexibility index (Phi) is 1.51. The van der Waals surface area contributed by atoms with Gasteiger partial charge in [-0.15, -0.1) is 0 Å². The maximum Gasteiger partial charge on any atom is 0.263 e. The number of hydrogen-bond acceptors (Lipinski definition) is 4. The molecule has 2 aromatic heterocycles. The second-order valence-electron chi connectivity index (χ2n) is 2.17. The number of oxazole rings is 1. The predicted molar refractivity (Wildman–Crippen MR) is 39.6 cm³/mol. The molecule has 0 aliphatic carbocycles. The topological polar surface area (TPSA) is 56.2 Å². The lowest BCUT2D eigenvalue weighted by Crippen LogP contribution is -1.77. The molecule has 0 radical (unpaired) electrons. The molecule has 60 valence electrons. The third-order valence-electron chi connectivity index (χ3n) is 1.37. The summed E-state index contributed by atoms with van der Waals surface area (Å²) in [5, 5.41) is 0. The highest BCUT2D eigenvalue weighted by atomic mass is 16.4. The standard InChI is InChI=1S/C8H5NO3/c10-4-6-5-12-8(9-6)7-2-1-3-11-7/h1-5H. The van der Waals surface area contributed by atoms with Crippen LogP contribution in [0.25, 0.3) is 11.7 Å². The van der Waals surface area contributed by atoms with E-state index < -0.39 is 0 Å². The van der Waals surface area contributed by atoms with E-state index in [0.717, 1.165) is 0 Å². The molecule has 0 N–H and O–H groups in total. The smallest absolute Gasteiger partial charge is 0.263 e. The van der Waals surface area contributed by atoms with Crippen LogP contribution in [0.1, 0.15) is 10.5 Å². The Labute approximate surface area is 67.8 Å². The first kappa shape index (κ1) is 6.84. The van der Waals surface area contributed by atoms with Gasteiger partial charge >= 0.3 is 0 Å². The van der Waals surface area contributed by atoms with Crippen LogP contribution in [0, 0.1) is 0 Å². The summed E-state index contributed by atoms with van der Waals surface area (Å²) in [6.45, 7) is 0. The van der Waals surface area contributed by atoms with Gasteiger partial charge in [0, 0.05) is 0 Å². The minimum absolute atomic E-state index is 0.265. The molecule has 0 bridgehead atoms. The third kappa shape index (κ3) is 1.03. The molecule has 0 aliphatic heterocycles. The Morgan fingerprint density at radius 3 is 2.92 bits per heavy atom. The average Bonchev–Trinajstić information content (AvgIpc) is 2.75. The normalized spacial score (nSPS) is 10.0. The molecule has 0 unspecified atom stereocenters. The van der Waals surface area contributed by atoms with E-state index in [9.17, 15) is 4.79 Å². The van der Waals surface area contributed by atoms with Gasteiger partial charge in [0.2, 0.25) is 0 Å². The Bertz CT molecular complexity index is 375. The van der Waals surface area contributed by atoms with Gasteiger partial charge in [-0.25, -0.2) is 4.98 Å². The number of carbonyl (C=O) groups excluding carboxylic acids is 1.